The van der Waals surface area contributed by atoms with Crippen LogP contribution in [0, 0.1) is 0 Å². The maximum Gasteiger partial charge on any atom is 0.337 e. The Labute approximate surface area is 81.4 Å². The molecule has 1 rings (SSSR count). The lowest BCUT2D eigenvalue weighted by Gasteiger charge is -1.99. The van der Waals surface area contributed by atoms with E-state index in [-0.39, 0.29) is 11.9 Å². The zero-order valence-electron chi connectivity index (χ0n) is 7.73. The quantitative estimate of drug-likeness (QED) is 0.403. The number of benzene rings is 1. The van der Waals surface area contributed by atoms with E-state index in [1.807, 2.05) is 0 Å². The summed E-state index contributed by atoms with van der Waals surface area (Å²) in [4.78, 5) is 14.8. The molecule has 74 valence electrons. The van der Waals surface area contributed by atoms with E-state index in [0.29, 0.717) is 11.3 Å². The highest BCUT2D eigenvalue weighted by atomic mass is 16.5. The third kappa shape index (κ3) is 2.48. The molecule has 0 heterocycles. The second-order valence-electron chi connectivity index (χ2n) is 2.58. The zero-order valence-corrected chi connectivity index (χ0v) is 7.73. The van der Waals surface area contributed by atoms with Crippen LogP contribution in [-0.4, -0.2) is 19.0 Å². The number of rotatable bonds is 2. The van der Waals surface area contributed by atoms with Crippen LogP contribution >= 0.6 is 0 Å². The lowest BCUT2D eigenvalue weighted by Crippen LogP contribution is -2.21. The maximum absolute atomic E-state index is 11.0. The predicted molar refractivity (Wildman–Crippen MR) is 53.3 cm³/mol. The molecular weight excluding hydrogens is 182 g/mol. The fourth-order valence-corrected chi connectivity index (χ4v) is 0.939. The Morgan fingerprint density at radius 1 is 1.29 bits per heavy atom. The van der Waals surface area contributed by atoms with Gasteiger partial charge in [-0.2, -0.15) is 0 Å². The molecule has 0 radical (unpaired) electrons. The van der Waals surface area contributed by atoms with Crippen molar-refractivity contribution >= 4 is 17.6 Å². The van der Waals surface area contributed by atoms with E-state index in [9.17, 15) is 4.79 Å². The number of hydrogen-bond donors (Lipinski definition) is 2. The van der Waals surface area contributed by atoms with Gasteiger partial charge >= 0.3 is 5.97 Å². The van der Waals surface area contributed by atoms with Crippen molar-refractivity contribution in [2.75, 3.05) is 7.11 Å². The molecule has 1 aromatic carbocycles. The molecule has 0 aliphatic rings. The molecule has 0 aliphatic heterocycles. The number of nitrogens with two attached hydrogens (primary N) is 2. The van der Waals surface area contributed by atoms with Gasteiger partial charge in [-0.05, 0) is 24.3 Å². The number of methoxy groups -OCH3 is 1. The largest absolute Gasteiger partial charge is 0.465 e. The summed E-state index contributed by atoms with van der Waals surface area (Å²) in [6.07, 6.45) is 0. The summed E-state index contributed by atoms with van der Waals surface area (Å²) in [5, 5.41) is 0. The van der Waals surface area contributed by atoms with E-state index in [1.54, 1.807) is 24.3 Å². The van der Waals surface area contributed by atoms with Crippen molar-refractivity contribution in [3.05, 3.63) is 29.8 Å². The van der Waals surface area contributed by atoms with Crippen LogP contribution in [0.3, 0.4) is 0 Å². The molecule has 0 fully saturated rings. The second-order valence-corrected chi connectivity index (χ2v) is 2.58. The molecule has 0 aliphatic carbocycles. The highest BCUT2D eigenvalue weighted by Crippen LogP contribution is 2.12. The van der Waals surface area contributed by atoms with E-state index >= 15 is 0 Å². The molecule has 0 bridgehead atoms. The van der Waals surface area contributed by atoms with Crippen molar-refractivity contribution in [3.8, 4) is 0 Å². The Morgan fingerprint density at radius 3 is 2.29 bits per heavy atom. The van der Waals surface area contributed by atoms with E-state index in [4.69, 9.17) is 11.5 Å². The minimum atomic E-state index is -0.388. The minimum absolute atomic E-state index is 0.0178. The zero-order chi connectivity index (χ0) is 10.6. The van der Waals surface area contributed by atoms with Crippen LogP contribution in [0.2, 0.25) is 0 Å². The number of carbonyl (C=O) groups is 1. The van der Waals surface area contributed by atoms with Crippen molar-refractivity contribution in [2.24, 2.45) is 16.5 Å². The van der Waals surface area contributed by atoms with Crippen LogP contribution in [0.4, 0.5) is 5.69 Å². The second kappa shape index (κ2) is 4.27. The molecule has 0 aromatic heterocycles. The molecule has 5 heteroatoms. The summed E-state index contributed by atoms with van der Waals surface area (Å²) >= 11 is 0. The molecule has 0 saturated heterocycles. The molecule has 4 N–H and O–H groups in total. The van der Waals surface area contributed by atoms with Crippen molar-refractivity contribution in [1.82, 2.24) is 0 Å². The molecule has 0 unspecified atom stereocenters. The fourth-order valence-electron chi connectivity index (χ4n) is 0.939. The first-order valence-corrected chi connectivity index (χ1v) is 3.91. The average Bonchev–Trinajstić information content (AvgIpc) is 2.17. The van der Waals surface area contributed by atoms with Gasteiger partial charge in [-0.25, -0.2) is 9.79 Å². The summed E-state index contributed by atoms with van der Waals surface area (Å²) in [5.41, 5.74) is 11.4. The van der Waals surface area contributed by atoms with E-state index < -0.39 is 0 Å². The first-order chi connectivity index (χ1) is 6.63. The lowest BCUT2D eigenvalue weighted by atomic mass is 10.2. The third-order valence-electron chi connectivity index (χ3n) is 1.55. The van der Waals surface area contributed by atoms with Gasteiger partial charge in [-0.1, -0.05) is 0 Å². The van der Waals surface area contributed by atoms with Gasteiger partial charge < -0.3 is 16.2 Å². The molecular formula is C9H11N3O2. The van der Waals surface area contributed by atoms with Gasteiger partial charge in [0.15, 0.2) is 5.96 Å². The average molecular weight is 193 g/mol. The number of hydrogen-bond acceptors (Lipinski definition) is 3. The lowest BCUT2D eigenvalue weighted by molar-refractivity contribution is 0.0601. The maximum atomic E-state index is 11.0. The summed E-state index contributed by atoms with van der Waals surface area (Å²) in [6, 6.07) is 6.44. The molecule has 0 amide bonds. The summed E-state index contributed by atoms with van der Waals surface area (Å²) in [7, 11) is 1.33. The minimum Gasteiger partial charge on any atom is -0.465 e. The highest BCUT2D eigenvalue weighted by Gasteiger charge is 2.03. The highest BCUT2D eigenvalue weighted by molar-refractivity contribution is 5.89. The topological polar surface area (TPSA) is 90.7 Å². The van der Waals surface area contributed by atoms with Crippen molar-refractivity contribution in [1.29, 1.82) is 0 Å². The predicted octanol–water partition coefficient (Wildman–Crippen LogP) is 0.378. The van der Waals surface area contributed by atoms with Crippen LogP contribution in [0.15, 0.2) is 29.3 Å². The van der Waals surface area contributed by atoms with Crippen molar-refractivity contribution in [2.45, 2.75) is 0 Å². The van der Waals surface area contributed by atoms with Gasteiger partial charge in [0.05, 0.1) is 18.4 Å². The van der Waals surface area contributed by atoms with Crippen LogP contribution in [-0.2, 0) is 4.74 Å². The SMILES string of the molecule is COC(=O)c1ccc(N=C(N)N)cc1. The molecule has 0 atom stereocenters. The van der Waals surface area contributed by atoms with E-state index in [1.165, 1.54) is 7.11 Å². The number of esters is 1. The molecule has 0 spiro atoms. The van der Waals surface area contributed by atoms with Crippen LogP contribution in [0.5, 0.6) is 0 Å². The number of nitrogens with zero attached hydrogens (tertiary/aromatic N) is 1. The van der Waals surface area contributed by atoms with E-state index in [2.05, 4.69) is 9.73 Å². The summed E-state index contributed by atoms with van der Waals surface area (Å²) in [6.45, 7) is 0. The van der Waals surface area contributed by atoms with Gasteiger partial charge in [0.2, 0.25) is 0 Å². The van der Waals surface area contributed by atoms with Crippen LogP contribution in [0.1, 0.15) is 10.4 Å². The Morgan fingerprint density at radius 2 is 1.86 bits per heavy atom. The van der Waals surface area contributed by atoms with E-state index in [0.717, 1.165) is 0 Å². The molecule has 1 aromatic rings. The number of aliphatic imine (C=N–C) groups is 1. The Balaban J connectivity index is 2.89. The summed E-state index contributed by atoms with van der Waals surface area (Å²) < 4.78 is 4.53. The normalized spacial score (nSPS) is 9.21. The van der Waals surface area contributed by atoms with Gasteiger partial charge in [-0.3, -0.25) is 0 Å². The number of guanidine groups is 1. The molecule has 5 nitrogen and oxygen atoms in total. The first kappa shape index (κ1) is 10.0. The molecule has 0 saturated carbocycles. The molecule has 14 heavy (non-hydrogen) atoms. The van der Waals surface area contributed by atoms with Gasteiger partial charge in [0.1, 0.15) is 0 Å². The van der Waals surface area contributed by atoms with Crippen molar-refractivity contribution < 1.29 is 9.53 Å². The number of carbonyl (C=O) groups excluding carboxylic acids is 1. The first-order valence-electron chi connectivity index (χ1n) is 3.91. The monoisotopic (exact) mass is 193 g/mol. The van der Waals surface area contributed by atoms with Crippen LogP contribution in [0.25, 0.3) is 0 Å². The summed E-state index contributed by atoms with van der Waals surface area (Å²) in [5.74, 6) is -0.405. The van der Waals surface area contributed by atoms with Crippen molar-refractivity contribution in [3.63, 3.8) is 0 Å². The van der Waals surface area contributed by atoms with Gasteiger partial charge in [-0.15, -0.1) is 0 Å². The smallest absolute Gasteiger partial charge is 0.337 e. The van der Waals surface area contributed by atoms with Gasteiger partial charge in [0, 0.05) is 0 Å². The number of ether oxygens (including phenoxy) is 1. The fraction of sp³-hybridized carbons (Fsp3) is 0.111. The van der Waals surface area contributed by atoms with Crippen LogP contribution < -0.4 is 11.5 Å². The van der Waals surface area contributed by atoms with Gasteiger partial charge in [0.25, 0.3) is 0 Å². The standard InChI is InChI=1S/C9H11N3O2/c1-14-8(13)6-2-4-7(5-3-6)12-9(10)11/h2-5H,1H3,(H4,10,11,12). The third-order valence-corrected chi connectivity index (χ3v) is 1.55. The Hall–Kier alpha value is -2.04. The Bertz CT molecular complexity index is 353. The Kier molecular flexibility index (Phi) is 3.06.